The normalized spacial score (nSPS) is 18.8. The van der Waals surface area contributed by atoms with Crippen molar-refractivity contribution in [2.75, 3.05) is 44.2 Å². The van der Waals surface area contributed by atoms with Crippen LogP contribution in [0.1, 0.15) is 24.8 Å². The number of carbonyl (C=O) groups excluding carboxylic acids is 1. The van der Waals surface area contributed by atoms with Crippen LogP contribution in [-0.2, 0) is 11.3 Å². The van der Waals surface area contributed by atoms with E-state index in [0.717, 1.165) is 81.7 Å². The van der Waals surface area contributed by atoms with E-state index in [1.54, 1.807) is 0 Å². The highest BCUT2D eigenvalue weighted by Gasteiger charge is 2.31. The molecule has 32 heavy (non-hydrogen) atoms. The molecule has 0 atom stereocenters. The molecule has 2 aliphatic rings. The topological polar surface area (TPSA) is 52.8 Å². The maximum absolute atomic E-state index is 13.2. The Bertz CT molecular complexity index is 1030. The van der Waals surface area contributed by atoms with E-state index in [9.17, 15) is 9.18 Å². The van der Waals surface area contributed by atoms with Crippen molar-refractivity contribution in [2.24, 2.45) is 5.92 Å². The summed E-state index contributed by atoms with van der Waals surface area (Å²) in [6.45, 7) is 5.74. The van der Waals surface area contributed by atoms with Gasteiger partial charge in [0.2, 0.25) is 5.91 Å². The van der Waals surface area contributed by atoms with E-state index >= 15 is 0 Å². The highest BCUT2D eigenvalue weighted by Crippen LogP contribution is 2.27. The molecule has 1 aromatic heterocycles. The van der Waals surface area contributed by atoms with Gasteiger partial charge in [-0.05, 0) is 49.1 Å². The van der Waals surface area contributed by atoms with Crippen LogP contribution in [0.15, 0.2) is 52.9 Å². The highest BCUT2D eigenvalue weighted by atomic mass is 19.1. The molecule has 0 saturated carbocycles. The lowest BCUT2D eigenvalue weighted by Crippen LogP contribution is -2.44. The van der Waals surface area contributed by atoms with Crippen LogP contribution in [0.25, 0.3) is 11.1 Å². The average molecular weight is 437 g/mol. The minimum atomic E-state index is -0.205. The summed E-state index contributed by atoms with van der Waals surface area (Å²) in [5, 5.41) is 0. The monoisotopic (exact) mass is 436 g/mol. The first-order chi connectivity index (χ1) is 15.7. The minimum absolute atomic E-state index is 0.0688. The Morgan fingerprint density at radius 1 is 0.969 bits per heavy atom. The number of anilines is 1. The number of hydrogen-bond donors (Lipinski definition) is 0. The number of nitrogens with zero attached hydrogens (tertiary/aromatic N) is 4. The second-order valence-corrected chi connectivity index (χ2v) is 8.81. The second kappa shape index (κ2) is 9.28. The van der Waals surface area contributed by atoms with Crippen LogP contribution in [-0.4, -0.2) is 60.0 Å². The van der Waals surface area contributed by atoms with Crippen molar-refractivity contribution in [2.45, 2.75) is 25.8 Å². The highest BCUT2D eigenvalue weighted by molar-refractivity contribution is 5.79. The van der Waals surface area contributed by atoms with Crippen molar-refractivity contribution in [1.29, 1.82) is 0 Å². The summed E-state index contributed by atoms with van der Waals surface area (Å²) >= 11 is 0. The van der Waals surface area contributed by atoms with Crippen molar-refractivity contribution >= 4 is 23.0 Å². The van der Waals surface area contributed by atoms with Crippen molar-refractivity contribution in [3.63, 3.8) is 0 Å². The Balaban J connectivity index is 1.13. The number of piperidine rings is 1. The summed E-state index contributed by atoms with van der Waals surface area (Å²) in [6, 6.07) is 15.2. The predicted molar refractivity (Wildman–Crippen MR) is 122 cm³/mol. The van der Waals surface area contributed by atoms with Gasteiger partial charge in [-0.25, -0.2) is 4.39 Å². The van der Waals surface area contributed by atoms with Gasteiger partial charge in [0.05, 0.1) is 0 Å². The molecule has 7 heteroatoms. The zero-order valence-electron chi connectivity index (χ0n) is 18.3. The zero-order valence-corrected chi connectivity index (χ0v) is 18.3. The molecule has 0 spiro atoms. The number of para-hydroxylation sites is 2. The molecule has 0 radical (unpaired) electrons. The first-order valence-corrected chi connectivity index (χ1v) is 11.5. The Labute approximate surface area is 187 Å². The van der Waals surface area contributed by atoms with Gasteiger partial charge in [0.15, 0.2) is 5.58 Å². The molecular formula is C25H29FN4O2. The number of fused-ring (bicyclic) bond motifs is 1. The molecule has 0 N–H and O–H groups in total. The number of benzene rings is 2. The van der Waals surface area contributed by atoms with Gasteiger partial charge in [-0.1, -0.05) is 24.3 Å². The van der Waals surface area contributed by atoms with Crippen molar-refractivity contribution in [3.05, 3.63) is 59.9 Å². The van der Waals surface area contributed by atoms with Gasteiger partial charge in [0.25, 0.3) is 6.01 Å². The van der Waals surface area contributed by atoms with Crippen LogP contribution >= 0.6 is 0 Å². The average Bonchev–Trinajstić information content (AvgIpc) is 3.13. The molecule has 2 aliphatic heterocycles. The maximum Gasteiger partial charge on any atom is 0.298 e. The second-order valence-electron chi connectivity index (χ2n) is 8.81. The van der Waals surface area contributed by atoms with Crippen molar-refractivity contribution in [3.8, 4) is 0 Å². The molecule has 5 rings (SSSR count). The van der Waals surface area contributed by atoms with E-state index in [1.165, 1.54) is 12.1 Å². The van der Waals surface area contributed by atoms with Crippen molar-refractivity contribution in [1.82, 2.24) is 14.8 Å². The van der Waals surface area contributed by atoms with Gasteiger partial charge >= 0.3 is 0 Å². The summed E-state index contributed by atoms with van der Waals surface area (Å²) in [5.74, 6) is 0.147. The quantitative estimate of drug-likeness (QED) is 0.621. The molecule has 6 nitrogen and oxygen atoms in total. The molecule has 0 bridgehead atoms. The van der Waals surface area contributed by atoms with E-state index in [0.29, 0.717) is 6.01 Å². The largest absolute Gasteiger partial charge is 0.423 e. The molecule has 0 unspecified atom stereocenters. The van der Waals surface area contributed by atoms with E-state index in [1.807, 2.05) is 41.3 Å². The maximum atomic E-state index is 13.2. The van der Waals surface area contributed by atoms with E-state index in [2.05, 4.69) is 14.8 Å². The zero-order chi connectivity index (χ0) is 21.9. The summed E-state index contributed by atoms with van der Waals surface area (Å²) in [5.41, 5.74) is 2.78. The summed E-state index contributed by atoms with van der Waals surface area (Å²) < 4.78 is 19.0. The van der Waals surface area contributed by atoms with Gasteiger partial charge in [-0.3, -0.25) is 9.69 Å². The smallest absolute Gasteiger partial charge is 0.298 e. The molecule has 3 aromatic rings. The molecule has 2 aromatic carbocycles. The Morgan fingerprint density at radius 3 is 2.53 bits per heavy atom. The lowest BCUT2D eigenvalue weighted by atomic mass is 9.95. The summed E-state index contributed by atoms with van der Waals surface area (Å²) in [7, 11) is 0. The fraction of sp³-hybridized carbons (Fsp3) is 0.440. The number of carbonyl (C=O) groups is 1. The van der Waals surface area contributed by atoms with E-state index in [4.69, 9.17) is 4.42 Å². The fourth-order valence-corrected chi connectivity index (χ4v) is 4.77. The number of hydrogen-bond acceptors (Lipinski definition) is 5. The van der Waals surface area contributed by atoms with Crippen LogP contribution in [0.4, 0.5) is 10.4 Å². The fourth-order valence-electron chi connectivity index (χ4n) is 4.77. The van der Waals surface area contributed by atoms with Crippen LogP contribution in [0.3, 0.4) is 0 Å². The number of oxazole rings is 1. The Morgan fingerprint density at radius 2 is 1.75 bits per heavy atom. The van der Waals surface area contributed by atoms with Crippen LogP contribution < -0.4 is 4.90 Å². The summed E-state index contributed by atoms with van der Waals surface area (Å²) in [6.07, 6.45) is 2.62. The number of halogens is 1. The molecule has 1 amide bonds. The van der Waals surface area contributed by atoms with Crippen LogP contribution in [0.5, 0.6) is 0 Å². The molecule has 3 heterocycles. The van der Waals surface area contributed by atoms with Gasteiger partial charge in [0, 0.05) is 51.7 Å². The molecule has 0 aliphatic carbocycles. The SMILES string of the molecule is O=C(C1CCN(c2nc3ccccc3o2)CC1)N1CCCN(Cc2ccc(F)cc2)CC1. The standard InChI is InChI=1S/C25H29FN4O2/c26-21-8-6-19(7-9-21)18-28-12-3-13-29(17-16-28)24(31)20-10-14-30(15-11-20)25-27-22-4-1-2-5-23(22)32-25/h1-2,4-9,20H,3,10-18H2. The molecule has 2 fully saturated rings. The Hall–Kier alpha value is -2.93. The van der Waals surface area contributed by atoms with Crippen LogP contribution in [0.2, 0.25) is 0 Å². The third-order valence-electron chi connectivity index (χ3n) is 6.62. The number of amides is 1. The van der Waals surface area contributed by atoms with E-state index in [-0.39, 0.29) is 17.6 Å². The van der Waals surface area contributed by atoms with Gasteiger partial charge in [-0.2, -0.15) is 4.98 Å². The van der Waals surface area contributed by atoms with Gasteiger partial charge < -0.3 is 14.2 Å². The number of aromatic nitrogens is 1. The van der Waals surface area contributed by atoms with E-state index < -0.39 is 0 Å². The molecular weight excluding hydrogens is 407 g/mol. The Kier molecular flexibility index (Phi) is 6.08. The first-order valence-electron chi connectivity index (χ1n) is 11.5. The summed E-state index contributed by atoms with van der Waals surface area (Å²) in [4.78, 5) is 24.3. The molecule has 168 valence electrons. The molecule has 2 saturated heterocycles. The van der Waals surface area contributed by atoms with Crippen LogP contribution in [0, 0.1) is 11.7 Å². The predicted octanol–water partition coefficient (Wildman–Crippen LogP) is 3.92. The third-order valence-corrected chi connectivity index (χ3v) is 6.62. The van der Waals surface area contributed by atoms with Gasteiger partial charge in [0.1, 0.15) is 11.3 Å². The lowest BCUT2D eigenvalue weighted by molar-refractivity contribution is -0.136. The van der Waals surface area contributed by atoms with Crippen molar-refractivity contribution < 1.29 is 13.6 Å². The first kappa shape index (κ1) is 20.9. The third kappa shape index (κ3) is 4.63. The minimum Gasteiger partial charge on any atom is -0.423 e. The number of rotatable bonds is 4. The lowest BCUT2D eigenvalue weighted by Gasteiger charge is -2.33. The van der Waals surface area contributed by atoms with Gasteiger partial charge in [-0.15, -0.1) is 0 Å².